The van der Waals surface area contributed by atoms with E-state index in [9.17, 15) is 0 Å². The second-order valence-electron chi connectivity index (χ2n) is 12.8. The molecule has 0 radical (unpaired) electrons. The molecule has 0 aliphatic heterocycles. The van der Waals surface area contributed by atoms with Gasteiger partial charge in [-0.05, 0) is 95.7 Å². The molecule has 0 atom stereocenters. The summed E-state index contributed by atoms with van der Waals surface area (Å²) in [5.74, 6) is 0. The van der Waals surface area contributed by atoms with Crippen molar-refractivity contribution in [2.45, 2.75) is 0 Å². The van der Waals surface area contributed by atoms with Crippen molar-refractivity contribution in [1.29, 1.82) is 0 Å². The topological polar surface area (TPSA) is 13.1 Å². The van der Waals surface area contributed by atoms with Crippen LogP contribution >= 0.6 is 11.3 Å². The van der Waals surface area contributed by atoms with Crippen molar-refractivity contribution >= 4 is 96.5 Å². The lowest BCUT2D eigenvalue weighted by atomic mass is 9.85. The third kappa shape index (κ3) is 3.61. The third-order valence-electron chi connectivity index (χ3n) is 10.2. The summed E-state index contributed by atoms with van der Waals surface area (Å²) in [7, 11) is 0. The molecule has 48 heavy (non-hydrogen) atoms. The average molecular weight is 627 g/mol. The van der Waals surface area contributed by atoms with Crippen LogP contribution in [0.4, 0.5) is 0 Å². The number of hydrogen-bond donors (Lipinski definition) is 0. The van der Waals surface area contributed by atoms with Gasteiger partial charge in [0.2, 0.25) is 0 Å². The van der Waals surface area contributed by atoms with E-state index in [0.717, 1.165) is 16.6 Å². The first kappa shape index (κ1) is 26.1. The monoisotopic (exact) mass is 626 g/mol. The largest absolute Gasteiger partial charge is 0.455 e. The van der Waals surface area contributed by atoms with Crippen LogP contribution in [-0.4, -0.2) is 0 Å². The molecule has 9 aromatic carbocycles. The van der Waals surface area contributed by atoms with Gasteiger partial charge < -0.3 is 4.42 Å². The number of benzene rings is 9. The third-order valence-corrected chi connectivity index (χ3v) is 11.4. The fourth-order valence-electron chi connectivity index (χ4n) is 8.08. The van der Waals surface area contributed by atoms with Crippen LogP contribution in [-0.2, 0) is 0 Å². The van der Waals surface area contributed by atoms with Gasteiger partial charge >= 0.3 is 0 Å². The minimum Gasteiger partial charge on any atom is -0.455 e. The van der Waals surface area contributed by atoms with Gasteiger partial charge in [-0.3, -0.25) is 0 Å². The smallest absolute Gasteiger partial charge is 0.153 e. The number of furan rings is 1. The molecular weight excluding hydrogens is 601 g/mol. The van der Waals surface area contributed by atoms with E-state index >= 15 is 0 Å². The van der Waals surface area contributed by atoms with E-state index in [1.165, 1.54) is 90.9 Å². The van der Waals surface area contributed by atoms with Gasteiger partial charge in [0, 0.05) is 26.2 Å². The summed E-state index contributed by atoms with van der Waals surface area (Å²) in [6.45, 7) is 0. The Kier molecular flexibility index (Phi) is 5.32. The van der Waals surface area contributed by atoms with Crippen molar-refractivity contribution in [2.24, 2.45) is 0 Å². The quantitative estimate of drug-likeness (QED) is 0.137. The molecule has 0 unspecified atom stereocenters. The number of fused-ring (bicyclic) bond motifs is 12. The number of thiophene rings is 1. The Morgan fingerprint density at radius 1 is 0.354 bits per heavy atom. The highest BCUT2D eigenvalue weighted by Gasteiger charge is 2.19. The molecule has 0 spiro atoms. The van der Waals surface area contributed by atoms with Crippen LogP contribution in [0.25, 0.3) is 107 Å². The Balaban J connectivity index is 1.19. The molecule has 0 saturated heterocycles. The van der Waals surface area contributed by atoms with Crippen LogP contribution in [0.3, 0.4) is 0 Å². The SMILES string of the molecule is c1ccc2c(c1)ccc1ccc(-c3c4ccccc4c(-c4ccc5oc6c(ccc7c8ccccc8sc76)c5c4)c4ccccc34)cc12. The Labute approximate surface area is 279 Å². The molecule has 0 aliphatic rings. The molecule has 0 fully saturated rings. The van der Waals surface area contributed by atoms with Gasteiger partial charge in [0.15, 0.2) is 5.58 Å². The molecule has 11 rings (SSSR count). The molecule has 1 nitrogen and oxygen atoms in total. The maximum absolute atomic E-state index is 6.61. The maximum atomic E-state index is 6.61. The molecule has 2 heterocycles. The van der Waals surface area contributed by atoms with Gasteiger partial charge in [-0.15, -0.1) is 11.3 Å². The fourth-order valence-corrected chi connectivity index (χ4v) is 9.27. The van der Waals surface area contributed by atoms with Crippen LogP contribution in [0.5, 0.6) is 0 Å². The van der Waals surface area contributed by atoms with Gasteiger partial charge in [-0.25, -0.2) is 0 Å². The molecule has 11 aromatic rings. The van der Waals surface area contributed by atoms with E-state index in [1.807, 2.05) is 11.3 Å². The van der Waals surface area contributed by atoms with Crippen LogP contribution in [0.15, 0.2) is 162 Å². The molecule has 0 bridgehead atoms. The molecule has 0 aliphatic carbocycles. The van der Waals surface area contributed by atoms with Crippen molar-refractivity contribution < 1.29 is 4.42 Å². The normalized spacial score (nSPS) is 12.2. The summed E-state index contributed by atoms with van der Waals surface area (Å²) in [4.78, 5) is 0. The zero-order valence-electron chi connectivity index (χ0n) is 25.8. The first-order valence-electron chi connectivity index (χ1n) is 16.4. The van der Waals surface area contributed by atoms with Gasteiger partial charge in [-0.1, -0.05) is 127 Å². The van der Waals surface area contributed by atoms with Gasteiger partial charge in [0.05, 0.1) is 4.70 Å². The summed E-state index contributed by atoms with van der Waals surface area (Å²) in [5, 5.41) is 15.0. The molecule has 2 heteroatoms. The summed E-state index contributed by atoms with van der Waals surface area (Å²) >= 11 is 1.82. The Morgan fingerprint density at radius 2 is 0.875 bits per heavy atom. The first-order chi connectivity index (χ1) is 23.8. The van der Waals surface area contributed by atoms with Crippen molar-refractivity contribution in [1.82, 2.24) is 0 Å². The van der Waals surface area contributed by atoms with Gasteiger partial charge in [0.1, 0.15) is 5.58 Å². The molecule has 222 valence electrons. The fraction of sp³-hybridized carbons (Fsp3) is 0. The van der Waals surface area contributed by atoms with Gasteiger partial charge in [-0.2, -0.15) is 0 Å². The van der Waals surface area contributed by atoms with Crippen LogP contribution in [0, 0.1) is 0 Å². The molecular formula is C46H26OS. The van der Waals surface area contributed by atoms with Crippen molar-refractivity contribution in [3.05, 3.63) is 158 Å². The lowest BCUT2D eigenvalue weighted by molar-refractivity contribution is 0.673. The van der Waals surface area contributed by atoms with E-state index in [2.05, 4.69) is 158 Å². The average Bonchev–Trinajstić information content (AvgIpc) is 3.72. The van der Waals surface area contributed by atoms with E-state index in [0.29, 0.717) is 0 Å². The van der Waals surface area contributed by atoms with E-state index in [-0.39, 0.29) is 0 Å². The van der Waals surface area contributed by atoms with Crippen molar-refractivity contribution in [2.75, 3.05) is 0 Å². The zero-order valence-corrected chi connectivity index (χ0v) is 26.6. The van der Waals surface area contributed by atoms with E-state index in [1.54, 1.807) is 0 Å². The van der Waals surface area contributed by atoms with Crippen LogP contribution in [0.2, 0.25) is 0 Å². The van der Waals surface area contributed by atoms with Crippen molar-refractivity contribution in [3.8, 4) is 22.3 Å². The Morgan fingerprint density at radius 3 is 1.58 bits per heavy atom. The number of rotatable bonds is 2. The van der Waals surface area contributed by atoms with Crippen LogP contribution < -0.4 is 0 Å². The first-order valence-corrected chi connectivity index (χ1v) is 17.2. The zero-order chi connectivity index (χ0) is 31.3. The van der Waals surface area contributed by atoms with Crippen LogP contribution in [0.1, 0.15) is 0 Å². The molecule has 0 amide bonds. The summed E-state index contributed by atoms with van der Waals surface area (Å²) in [6, 6.07) is 57.9. The second kappa shape index (κ2) is 9.78. The molecule has 0 N–H and O–H groups in total. The van der Waals surface area contributed by atoms with E-state index < -0.39 is 0 Å². The summed E-state index contributed by atoms with van der Waals surface area (Å²) in [5.41, 5.74) is 6.88. The Hall–Kier alpha value is -5.96. The molecule has 0 saturated carbocycles. The standard InChI is InChI=1S/C46H26OS/c1-2-10-31-27(9-1)17-18-28-19-20-29(25-39(28)31)43-33-12-3-5-14-35(33)44(36-15-6-4-13-34(36)43)30-21-24-41-40(26-30)37-22-23-38-32-11-7-8-16-42(32)48-46(38)45(37)47-41/h1-26H. The molecule has 2 aromatic heterocycles. The highest BCUT2D eigenvalue weighted by molar-refractivity contribution is 7.26. The highest BCUT2D eigenvalue weighted by Crippen LogP contribution is 2.47. The minimum absolute atomic E-state index is 0.923. The summed E-state index contributed by atoms with van der Waals surface area (Å²) in [6.07, 6.45) is 0. The summed E-state index contributed by atoms with van der Waals surface area (Å²) < 4.78 is 9.12. The minimum atomic E-state index is 0.923. The second-order valence-corrected chi connectivity index (χ2v) is 13.8. The predicted octanol–water partition coefficient (Wildman–Crippen LogP) is 13.9. The van der Waals surface area contributed by atoms with Crippen molar-refractivity contribution in [3.63, 3.8) is 0 Å². The maximum Gasteiger partial charge on any atom is 0.153 e. The van der Waals surface area contributed by atoms with E-state index in [4.69, 9.17) is 4.42 Å². The predicted molar refractivity (Wildman–Crippen MR) is 208 cm³/mol. The lowest BCUT2D eigenvalue weighted by Crippen LogP contribution is -1.91. The van der Waals surface area contributed by atoms with Gasteiger partial charge in [0.25, 0.3) is 0 Å². The highest BCUT2D eigenvalue weighted by atomic mass is 32.1. The lowest BCUT2D eigenvalue weighted by Gasteiger charge is -2.18. The number of hydrogen-bond acceptors (Lipinski definition) is 2. The Bertz CT molecular complexity index is 3060.